The Morgan fingerprint density at radius 2 is 1.73 bits per heavy atom. The van der Waals surface area contributed by atoms with Crippen LogP contribution in [-0.4, -0.2) is 26.0 Å². The highest BCUT2D eigenvalue weighted by atomic mass is 19.4. The van der Waals surface area contributed by atoms with Gasteiger partial charge in [-0.3, -0.25) is 14.2 Å². The van der Waals surface area contributed by atoms with Gasteiger partial charge >= 0.3 is 6.18 Å². The van der Waals surface area contributed by atoms with Crippen LogP contribution in [0.4, 0.5) is 13.2 Å². The van der Waals surface area contributed by atoms with Gasteiger partial charge in [0.05, 0.1) is 11.2 Å². The molecule has 1 aromatic carbocycles. The van der Waals surface area contributed by atoms with Gasteiger partial charge in [-0.1, -0.05) is 40.2 Å². The molecule has 1 heterocycles. The van der Waals surface area contributed by atoms with E-state index in [2.05, 4.69) is 32.7 Å². The van der Waals surface area contributed by atoms with Crippen molar-refractivity contribution in [1.29, 1.82) is 0 Å². The van der Waals surface area contributed by atoms with Crippen LogP contribution < -0.4 is 5.49 Å². The molecule has 5 nitrogen and oxygen atoms in total. The minimum atomic E-state index is -4.57. The second-order valence-electron chi connectivity index (χ2n) is 10.2. The fourth-order valence-corrected chi connectivity index (χ4v) is 3.71. The summed E-state index contributed by atoms with van der Waals surface area (Å²) in [6.07, 6.45) is -2.18. The molecule has 2 aromatic rings. The quantitative estimate of drug-likeness (QED) is 0.594. The van der Waals surface area contributed by atoms with Crippen LogP contribution in [0.5, 0.6) is 0 Å². The summed E-state index contributed by atoms with van der Waals surface area (Å²) < 4.78 is 44.0. The van der Waals surface area contributed by atoms with E-state index in [4.69, 9.17) is 0 Å². The molecule has 0 aliphatic rings. The summed E-state index contributed by atoms with van der Waals surface area (Å²) in [4.78, 5) is 17.5. The van der Waals surface area contributed by atoms with Gasteiger partial charge in [-0.25, -0.2) is 0 Å². The average molecular weight is 468 g/mol. The Morgan fingerprint density at radius 1 is 1.09 bits per heavy atom. The summed E-state index contributed by atoms with van der Waals surface area (Å²) in [6, 6.07) is 4.99. The van der Waals surface area contributed by atoms with Crippen LogP contribution in [0.3, 0.4) is 0 Å². The second kappa shape index (κ2) is 9.87. The van der Waals surface area contributed by atoms with Crippen molar-refractivity contribution in [1.82, 2.24) is 9.36 Å². The van der Waals surface area contributed by atoms with Crippen molar-refractivity contribution in [2.24, 2.45) is 12.0 Å². The first-order valence-corrected chi connectivity index (χ1v) is 11.3. The van der Waals surface area contributed by atoms with Crippen LogP contribution in [0, 0.1) is 0 Å². The summed E-state index contributed by atoms with van der Waals surface area (Å²) in [7, 11) is 1.90. The van der Waals surface area contributed by atoms with E-state index >= 15 is 0 Å². The Balaban J connectivity index is 2.64. The SMILES string of the molecule is CCCCn1c(=NC(=O)c2cc(C(F)(F)F)ccc2CCC(C)(C)O)cc(C(C)(C)C)n1C. The Labute approximate surface area is 193 Å². The number of alkyl halides is 3. The first-order chi connectivity index (χ1) is 15.0. The molecule has 0 aliphatic carbocycles. The lowest BCUT2D eigenvalue weighted by Crippen LogP contribution is -2.25. The van der Waals surface area contributed by atoms with E-state index in [1.807, 2.05) is 22.5 Å². The molecule has 0 unspecified atom stereocenters. The number of unbranched alkanes of at least 4 members (excludes halogenated alkanes) is 1. The standard InChI is InChI=1S/C25H36F3N3O2/c1-8-9-14-31-21(16-20(30(31)7)23(2,3)4)29-22(32)19-15-18(25(26,27)28)11-10-17(19)12-13-24(5,6)33/h10-11,15-16,33H,8-9,12-14H2,1-7H3. The first-order valence-electron chi connectivity index (χ1n) is 11.3. The van der Waals surface area contributed by atoms with Gasteiger partial charge in [0.1, 0.15) is 0 Å². The van der Waals surface area contributed by atoms with Gasteiger partial charge in [-0.05, 0) is 50.8 Å². The number of nitrogens with zero attached hydrogens (tertiary/aromatic N) is 3. The number of aliphatic hydroxyl groups is 1. The molecule has 1 amide bonds. The summed E-state index contributed by atoms with van der Waals surface area (Å²) in [5.74, 6) is -0.719. The van der Waals surface area contributed by atoms with Crippen LogP contribution in [0.15, 0.2) is 29.3 Å². The van der Waals surface area contributed by atoms with E-state index in [0.717, 1.165) is 30.7 Å². The van der Waals surface area contributed by atoms with Gasteiger partial charge in [-0.2, -0.15) is 18.2 Å². The van der Waals surface area contributed by atoms with Crippen molar-refractivity contribution >= 4 is 5.91 Å². The van der Waals surface area contributed by atoms with Crippen LogP contribution >= 0.6 is 0 Å². The summed E-state index contributed by atoms with van der Waals surface area (Å²) in [5, 5.41) is 10.1. The number of carbonyl (C=O) groups excluding carboxylic acids is 1. The number of carbonyl (C=O) groups is 1. The third-order valence-corrected chi connectivity index (χ3v) is 5.62. The number of benzene rings is 1. The lowest BCUT2D eigenvalue weighted by molar-refractivity contribution is -0.137. The molecule has 184 valence electrons. The molecular formula is C25H36F3N3O2. The van der Waals surface area contributed by atoms with Crippen molar-refractivity contribution in [3.63, 3.8) is 0 Å². The maximum Gasteiger partial charge on any atom is 0.416 e. The molecule has 2 rings (SSSR count). The van der Waals surface area contributed by atoms with E-state index in [0.29, 0.717) is 24.0 Å². The zero-order valence-corrected chi connectivity index (χ0v) is 20.7. The maximum atomic E-state index is 13.4. The number of rotatable bonds is 7. The number of hydrogen-bond donors (Lipinski definition) is 1. The van der Waals surface area contributed by atoms with Gasteiger partial charge in [0, 0.05) is 36.3 Å². The van der Waals surface area contributed by atoms with Crippen LogP contribution in [0.2, 0.25) is 0 Å². The highest BCUT2D eigenvalue weighted by Gasteiger charge is 2.32. The van der Waals surface area contributed by atoms with E-state index in [1.54, 1.807) is 13.8 Å². The molecule has 0 radical (unpaired) electrons. The van der Waals surface area contributed by atoms with Crippen molar-refractivity contribution in [2.75, 3.05) is 0 Å². The summed E-state index contributed by atoms with van der Waals surface area (Å²) in [6.45, 7) is 12.1. The van der Waals surface area contributed by atoms with Crippen molar-refractivity contribution in [3.05, 3.63) is 52.1 Å². The summed E-state index contributed by atoms with van der Waals surface area (Å²) >= 11 is 0. The first kappa shape index (κ1) is 26.9. The number of halogens is 3. The molecule has 0 fully saturated rings. The van der Waals surface area contributed by atoms with Gasteiger partial charge in [0.15, 0.2) is 5.49 Å². The zero-order chi connectivity index (χ0) is 25.2. The zero-order valence-electron chi connectivity index (χ0n) is 20.7. The highest BCUT2D eigenvalue weighted by molar-refractivity contribution is 5.96. The Hall–Kier alpha value is -2.35. The predicted molar refractivity (Wildman–Crippen MR) is 123 cm³/mol. The molecule has 8 heteroatoms. The normalized spacial score (nSPS) is 13.6. The van der Waals surface area contributed by atoms with E-state index in [9.17, 15) is 23.1 Å². The van der Waals surface area contributed by atoms with Gasteiger partial charge in [0.2, 0.25) is 0 Å². The Morgan fingerprint density at radius 3 is 2.24 bits per heavy atom. The topological polar surface area (TPSA) is 59.5 Å². The molecule has 1 N–H and O–H groups in total. The van der Waals surface area contributed by atoms with Gasteiger partial charge < -0.3 is 5.11 Å². The third-order valence-electron chi connectivity index (χ3n) is 5.62. The van der Waals surface area contributed by atoms with Crippen LogP contribution in [0.1, 0.15) is 88.0 Å². The molecule has 0 saturated carbocycles. The molecule has 0 spiro atoms. The van der Waals surface area contributed by atoms with Crippen LogP contribution in [-0.2, 0) is 31.6 Å². The van der Waals surface area contributed by atoms with Crippen molar-refractivity contribution < 1.29 is 23.1 Å². The molecule has 1 aromatic heterocycles. The van der Waals surface area contributed by atoms with E-state index in [-0.39, 0.29) is 17.4 Å². The molecule has 0 saturated heterocycles. The summed E-state index contributed by atoms with van der Waals surface area (Å²) in [5.41, 5.74) is -0.361. The molecule has 0 bridgehead atoms. The molecule has 0 aliphatic heterocycles. The molecule has 33 heavy (non-hydrogen) atoms. The van der Waals surface area contributed by atoms with Gasteiger partial charge in [0.25, 0.3) is 5.91 Å². The number of amides is 1. The number of aromatic nitrogens is 2. The molecule has 0 atom stereocenters. The Bertz CT molecular complexity index is 1050. The number of aryl methyl sites for hydroxylation is 1. The fraction of sp³-hybridized carbons (Fsp3) is 0.600. The third kappa shape index (κ3) is 7.06. The predicted octanol–water partition coefficient (Wildman–Crippen LogP) is 5.39. The largest absolute Gasteiger partial charge is 0.416 e. The minimum Gasteiger partial charge on any atom is -0.390 e. The van der Waals surface area contributed by atoms with Crippen LogP contribution in [0.25, 0.3) is 0 Å². The smallest absolute Gasteiger partial charge is 0.390 e. The fourth-order valence-electron chi connectivity index (χ4n) is 3.71. The monoisotopic (exact) mass is 467 g/mol. The lowest BCUT2D eigenvalue weighted by atomic mass is 9.92. The van der Waals surface area contributed by atoms with E-state index < -0.39 is 23.2 Å². The molecular weight excluding hydrogens is 431 g/mol. The second-order valence-corrected chi connectivity index (χ2v) is 10.2. The van der Waals surface area contributed by atoms with E-state index in [1.165, 1.54) is 6.07 Å². The Kier molecular flexibility index (Phi) is 8.05. The van der Waals surface area contributed by atoms with Crippen molar-refractivity contribution in [2.45, 2.75) is 91.0 Å². The average Bonchev–Trinajstić information content (AvgIpc) is 2.98. The number of hydrogen-bond acceptors (Lipinski definition) is 2. The lowest BCUT2D eigenvalue weighted by Gasteiger charge is -2.20. The highest BCUT2D eigenvalue weighted by Crippen LogP contribution is 2.31. The minimum absolute atomic E-state index is 0.0859. The van der Waals surface area contributed by atoms with Crippen molar-refractivity contribution in [3.8, 4) is 0 Å². The van der Waals surface area contributed by atoms with Gasteiger partial charge in [-0.15, -0.1) is 0 Å². The maximum absolute atomic E-state index is 13.4.